The van der Waals surface area contributed by atoms with Crippen molar-refractivity contribution in [3.63, 3.8) is 0 Å². The van der Waals surface area contributed by atoms with Crippen LogP contribution in [0.3, 0.4) is 0 Å². The fourth-order valence-corrected chi connectivity index (χ4v) is 0.171. The Morgan fingerprint density at radius 2 is 1.89 bits per heavy atom. The van der Waals surface area contributed by atoms with Crippen LogP contribution in [0.5, 0.6) is 0 Å². The SMILES string of the molecule is CC(C)(C)C(=O)ON=O. The molecule has 0 saturated carbocycles. The fourth-order valence-electron chi connectivity index (χ4n) is 0.171. The molecule has 0 aromatic carbocycles. The molecule has 0 aliphatic rings. The maximum atomic E-state index is 10.5. The first-order chi connectivity index (χ1) is 3.98. The summed E-state index contributed by atoms with van der Waals surface area (Å²) in [5.41, 5.74) is -0.645. The van der Waals surface area contributed by atoms with Gasteiger partial charge in [0.2, 0.25) is 0 Å². The summed E-state index contributed by atoms with van der Waals surface area (Å²) < 4.78 is 0. The summed E-state index contributed by atoms with van der Waals surface area (Å²) >= 11 is 0. The number of hydrogen-bond acceptors (Lipinski definition) is 4. The third kappa shape index (κ3) is 2.79. The zero-order valence-electron chi connectivity index (χ0n) is 5.67. The zero-order chi connectivity index (χ0) is 7.49. The van der Waals surface area contributed by atoms with Crippen LogP contribution in [0.25, 0.3) is 0 Å². The summed E-state index contributed by atoms with van der Waals surface area (Å²) in [5.74, 6) is -0.613. The van der Waals surface area contributed by atoms with Crippen LogP contribution < -0.4 is 0 Å². The highest BCUT2D eigenvalue weighted by molar-refractivity contribution is 5.75. The van der Waals surface area contributed by atoms with Gasteiger partial charge in [0, 0.05) is 0 Å². The van der Waals surface area contributed by atoms with Crippen LogP contribution in [0.4, 0.5) is 0 Å². The number of nitrogens with zero attached hydrogens (tertiary/aromatic N) is 1. The first-order valence-electron chi connectivity index (χ1n) is 2.52. The Labute approximate surface area is 53.1 Å². The molecule has 0 aromatic heterocycles. The number of carbonyl (C=O) groups is 1. The van der Waals surface area contributed by atoms with Crippen molar-refractivity contribution >= 4 is 5.97 Å². The van der Waals surface area contributed by atoms with Gasteiger partial charge in [0.15, 0.2) is 5.34 Å². The summed E-state index contributed by atoms with van der Waals surface area (Å²) in [5, 5.41) is 2.00. The van der Waals surface area contributed by atoms with E-state index in [0.717, 1.165) is 0 Å². The van der Waals surface area contributed by atoms with Gasteiger partial charge in [-0.3, -0.25) is 4.84 Å². The van der Waals surface area contributed by atoms with Crippen molar-refractivity contribution in [1.82, 2.24) is 0 Å². The van der Waals surface area contributed by atoms with Gasteiger partial charge < -0.3 is 0 Å². The maximum absolute atomic E-state index is 10.5. The summed E-state index contributed by atoms with van der Waals surface area (Å²) in [6.45, 7) is 4.92. The van der Waals surface area contributed by atoms with E-state index in [1.165, 1.54) is 0 Å². The van der Waals surface area contributed by atoms with Crippen molar-refractivity contribution in [3.8, 4) is 0 Å². The minimum absolute atomic E-state index is 0.613. The third-order valence-electron chi connectivity index (χ3n) is 0.733. The summed E-state index contributed by atoms with van der Waals surface area (Å²) in [6, 6.07) is 0. The molecule has 0 spiro atoms. The predicted molar refractivity (Wildman–Crippen MR) is 31.3 cm³/mol. The molecule has 0 heterocycles. The Kier molecular flexibility index (Phi) is 2.30. The van der Waals surface area contributed by atoms with Crippen LogP contribution in [0.2, 0.25) is 0 Å². The molecule has 0 unspecified atom stereocenters. The van der Waals surface area contributed by atoms with Gasteiger partial charge in [0.1, 0.15) is 0 Å². The van der Waals surface area contributed by atoms with Gasteiger partial charge in [-0.1, -0.05) is 0 Å². The standard InChI is InChI=1S/C5H9NO3/c1-5(2,3)4(7)9-6-8/h1-3H3. The minimum Gasteiger partial charge on any atom is -0.284 e. The molecule has 0 aromatic rings. The monoisotopic (exact) mass is 131 g/mol. The maximum Gasteiger partial charge on any atom is 0.343 e. The van der Waals surface area contributed by atoms with Gasteiger partial charge in [-0.2, -0.15) is 0 Å². The van der Waals surface area contributed by atoms with Crippen LogP contribution in [0.1, 0.15) is 20.8 Å². The Bertz CT molecular complexity index is 125. The molecule has 0 rings (SSSR count). The van der Waals surface area contributed by atoms with Crippen molar-refractivity contribution in [3.05, 3.63) is 4.91 Å². The molecule has 9 heavy (non-hydrogen) atoms. The van der Waals surface area contributed by atoms with Crippen LogP contribution in [-0.4, -0.2) is 5.97 Å². The quantitative estimate of drug-likeness (QED) is 0.397. The lowest BCUT2D eigenvalue weighted by Gasteiger charge is -2.10. The van der Waals surface area contributed by atoms with Gasteiger partial charge in [0.25, 0.3) is 0 Å². The van der Waals surface area contributed by atoms with E-state index in [-0.39, 0.29) is 0 Å². The van der Waals surface area contributed by atoms with Crippen LogP contribution in [0, 0.1) is 10.3 Å². The van der Waals surface area contributed by atoms with Crippen LogP contribution in [-0.2, 0) is 9.63 Å². The van der Waals surface area contributed by atoms with Gasteiger partial charge in [0.05, 0.1) is 5.41 Å². The van der Waals surface area contributed by atoms with E-state index in [4.69, 9.17) is 0 Å². The topological polar surface area (TPSA) is 55.7 Å². The molecule has 0 saturated heterocycles. The lowest BCUT2D eigenvalue weighted by atomic mass is 9.98. The zero-order valence-corrected chi connectivity index (χ0v) is 5.67. The Hall–Kier alpha value is -0.930. The average Bonchev–Trinajstić information content (AvgIpc) is 1.64. The van der Waals surface area contributed by atoms with E-state index < -0.39 is 11.4 Å². The van der Waals surface area contributed by atoms with E-state index in [1.54, 1.807) is 20.8 Å². The van der Waals surface area contributed by atoms with E-state index in [2.05, 4.69) is 4.84 Å². The van der Waals surface area contributed by atoms with Crippen molar-refractivity contribution < 1.29 is 9.63 Å². The van der Waals surface area contributed by atoms with Crippen molar-refractivity contribution in [2.24, 2.45) is 10.8 Å². The smallest absolute Gasteiger partial charge is 0.284 e. The molecule has 52 valence electrons. The molecule has 0 fully saturated rings. The number of carbonyl (C=O) groups excluding carboxylic acids is 1. The minimum atomic E-state index is -0.645. The molecule has 0 aliphatic carbocycles. The second-order valence-electron chi connectivity index (χ2n) is 2.70. The lowest BCUT2D eigenvalue weighted by molar-refractivity contribution is -0.153. The van der Waals surface area contributed by atoms with Gasteiger partial charge in [-0.15, -0.1) is 4.91 Å². The molecule has 4 nitrogen and oxygen atoms in total. The highest BCUT2D eigenvalue weighted by Crippen LogP contribution is 2.14. The van der Waals surface area contributed by atoms with E-state index in [9.17, 15) is 9.70 Å². The van der Waals surface area contributed by atoms with Crippen molar-refractivity contribution in [2.75, 3.05) is 0 Å². The lowest BCUT2D eigenvalue weighted by Crippen LogP contribution is -2.20. The number of hydrogen-bond donors (Lipinski definition) is 0. The molecular weight excluding hydrogens is 122 g/mol. The average molecular weight is 131 g/mol. The van der Waals surface area contributed by atoms with Crippen LogP contribution >= 0.6 is 0 Å². The van der Waals surface area contributed by atoms with Crippen molar-refractivity contribution in [2.45, 2.75) is 20.8 Å². The highest BCUT2D eigenvalue weighted by Gasteiger charge is 2.23. The normalized spacial score (nSPS) is 10.6. The second-order valence-corrected chi connectivity index (χ2v) is 2.70. The Morgan fingerprint density at radius 3 is 2.00 bits per heavy atom. The van der Waals surface area contributed by atoms with Gasteiger partial charge in [-0.05, 0) is 20.8 Å². The van der Waals surface area contributed by atoms with Gasteiger partial charge in [-0.25, -0.2) is 4.79 Å². The summed E-state index contributed by atoms with van der Waals surface area (Å²) in [4.78, 5) is 23.8. The third-order valence-corrected chi connectivity index (χ3v) is 0.733. The first kappa shape index (κ1) is 8.07. The molecule has 0 atom stereocenters. The Morgan fingerprint density at radius 1 is 1.44 bits per heavy atom. The predicted octanol–water partition coefficient (Wildman–Crippen LogP) is 1.26. The van der Waals surface area contributed by atoms with Crippen molar-refractivity contribution in [1.29, 1.82) is 0 Å². The van der Waals surface area contributed by atoms with Crippen LogP contribution in [0.15, 0.2) is 5.34 Å². The summed E-state index contributed by atoms with van der Waals surface area (Å²) in [7, 11) is 0. The molecular formula is C5H9NO3. The largest absolute Gasteiger partial charge is 0.343 e. The molecule has 0 N–H and O–H groups in total. The second kappa shape index (κ2) is 2.57. The summed E-state index contributed by atoms with van der Waals surface area (Å²) in [6.07, 6.45) is 0. The molecule has 4 heteroatoms. The molecule has 0 aliphatic heterocycles. The fraction of sp³-hybridized carbons (Fsp3) is 0.800. The first-order valence-corrected chi connectivity index (χ1v) is 2.52. The van der Waals surface area contributed by atoms with E-state index in [1.807, 2.05) is 5.34 Å². The number of rotatable bonds is 1. The highest BCUT2D eigenvalue weighted by atomic mass is 16.7. The van der Waals surface area contributed by atoms with E-state index in [0.29, 0.717) is 0 Å². The van der Waals surface area contributed by atoms with Gasteiger partial charge >= 0.3 is 5.97 Å². The Balaban J connectivity index is 3.88. The molecule has 0 amide bonds. The van der Waals surface area contributed by atoms with E-state index >= 15 is 0 Å². The molecule has 0 bridgehead atoms. The molecule has 0 radical (unpaired) electrons.